The van der Waals surface area contributed by atoms with Crippen LogP contribution in [0, 0.1) is 18.7 Å². The van der Waals surface area contributed by atoms with Crippen LogP contribution in [-0.4, -0.2) is 31.2 Å². The molecule has 7 nitrogen and oxygen atoms in total. The average Bonchev–Trinajstić information content (AvgIpc) is 3.40. The number of carbonyl (C=O) groups is 1. The summed E-state index contributed by atoms with van der Waals surface area (Å²) >= 11 is 4.98. The summed E-state index contributed by atoms with van der Waals surface area (Å²) in [4.78, 5) is 23.8. The Balaban J connectivity index is 1.62. The van der Waals surface area contributed by atoms with Crippen molar-refractivity contribution in [1.29, 1.82) is 0 Å². The second-order valence-electron chi connectivity index (χ2n) is 7.50. The molecule has 0 atom stereocenters. The van der Waals surface area contributed by atoms with E-state index in [0.29, 0.717) is 22.7 Å². The van der Waals surface area contributed by atoms with Crippen LogP contribution in [0.2, 0.25) is 0 Å². The number of nitrogens with one attached hydrogen (secondary N) is 2. The van der Waals surface area contributed by atoms with E-state index in [4.69, 9.17) is 16.7 Å². The highest BCUT2D eigenvalue weighted by molar-refractivity contribution is 7.71. The van der Waals surface area contributed by atoms with Crippen LogP contribution in [0.25, 0.3) is 44.7 Å². The molecule has 0 radical (unpaired) electrons. The highest BCUT2D eigenvalue weighted by Gasteiger charge is 2.18. The number of aromatic nitrogens is 4. The number of aromatic amines is 2. The first-order valence-corrected chi connectivity index (χ1v) is 10.3. The third-order valence-corrected chi connectivity index (χ3v) is 5.67. The zero-order valence-electron chi connectivity index (χ0n) is 17.3. The Hall–Kier alpha value is -4.04. The number of aromatic carboxylic acids is 1. The molecule has 8 heteroatoms. The van der Waals surface area contributed by atoms with Gasteiger partial charge in [0.15, 0.2) is 5.82 Å². The minimum atomic E-state index is -0.990. The molecular formula is C24H18N4O3S. The smallest absolute Gasteiger partial charge is 0.337 e. The molecule has 0 bridgehead atoms. The van der Waals surface area contributed by atoms with Crippen molar-refractivity contribution in [2.45, 2.75) is 13.8 Å². The second-order valence-corrected chi connectivity index (χ2v) is 7.85. The van der Waals surface area contributed by atoms with Crippen molar-refractivity contribution >= 4 is 29.2 Å². The van der Waals surface area contributed by atoms with E-state index in [9.17, 15) is 9.90 Å². The first-order chi connectivity index (χ1) is 15.4. The summed E-state index contributed by atoms with van der Waals surface area (Å²) in [5, 5.41) is 12.5. The molecule has 0 saturated carbocycles. The predicted molar refractivity (Wildman–Crippen MR) is 124 cm³/mol. The van der Waals surface area contributed by atoms with E-state index in [0.717, 1.165) is 33.4 Å². The third-order valence-electron chi connectivity index (χ3n) is 5.50. The van der Waals surface area contributed by atoms with Gasteiger partial charge in [0.05, 0.1) is 16.6 Å². The number of rotatable bonds is 4. The number of aryl methyl sites for hydroxylation is 2. The Labute approximate surface area is 187 Å². The van der Waals surface area contributed by atoms with Crippen LogP contribution < -0.4 is 0 Å². The lowest BCUT2D eigenvalue weighted by Gasteiger charge is -2.11. The van der Waals surface area contributed by atoms with Gasteiger partial charge in [-0.25, -0.2) is 14.9 Å². The maximum atomic E-state index is 11.9. The van der Waals surface area contributed by atoms with Crippen molar-refractivity contribution in [3.8, 4) is 33.6 Å². The number of carboxylic acids is 1. The first kappa shape index (κ1) is 19.9. The molecule has 0 unspecified atom stereocenters. The number of H-pyrrole nitrogens is 2. The second kappa shape index (κ2) is 7.58. The van der Waals surface area contributed by atoms with Crippen LogP contribution >= 0.6 is 12.2 Å². The number of imidazole rings is 1. The first-order valence-electron chi connectivity index (χ1n) is 9.91. The van der Waals surface area contributed by atoms with Crippen LogP contribution in [-0.2, 0) is 0 Å². The molecule has 5 rings (SSSR count). The summed E-state index contributed by atoms with van der Waals surface area (Å²) in [5.41, 5.74) is 6.93. The van der Waals surface area contributed by atoms with Gasteiger partial charge in [0.2, 0.25) is 0 Å². The number of carboxylic acid groups (broad SMARTS) is 1. The van der Waals surface area contributed by atoms with Crippen LogP contribution in [0.4, 0.5) is 0 Å². The molecule has 0 aliphatic carbocycles. The minimum Gasteiger partial charge on any atom is -0.478 e. The summed E-state index contributed by atoms with van der Waals surface area (Å²) < 4.78 is 5.09. The highest BCUT2D eigenvalue weighted by Crippen LogP contribution is 2.35. The summed E-state index contributed by atoms with van der Waals surface area (Å²) in [6.07, 6.45) is 0. The Morgan fingerprint density at radius 3 is 2.25 bits per heavy atom. The summed E-state index contributed by atoms with van der Waals surface area (Å²) in [5.74, 6) is 0.257. The Bertz CT molecular complexity index is 1540. The summed E-state index contributed by atoms with van der Waals surface area (Å²) in [7, 11) is 0. The topological polar surface area (TPSA) is 108 Å². The van der Waals surface area contributed by atoms with Crippen LogP contribution in [0.15, 0.2) is 59.1 Å². The molecular weight excluding hydrogens is 424 g/mol. The van der Waals surface area contributed by atoms with Crippen molar-refractivity contribution in [3.05, 3.63) is 76.4 Å². The SMILES string of the molecule is Cc1nc2c(C)c(-c3ccc(-c4ccccc4-c4nc(=S)o[nH]4)cc3)cc(C(=O)O)c2[nH]1. The van der Waals surface area contributed by atoms with E-state index >= 15 is 0 Å². The van der Waals surface area contributed by atoms with E-state index in [1.54, 1.807) is 6.07 Å². The molecule has 0 amide bonds. The molecule has 0 saturated heterocycles. The van der Waals surface area contributed by atoms with Gasteiger partial charge in [0.1, 0.15) is 5.82 Å². The number of hydrogen-bond acceptors (Lipinski definition) is 5. The predicted octanol–water partition coefficient (Wildman–Crippen LogP) is 5.92. The molecule has 0 aliphatic heterocycles. The van der Waals surface area contributed by atoms with Gasteiger partial charge in [0.25, 0.3) is 0 Å². The molecule has 2 heterocycles. The molecule has 5 aromatic rings. The normalized spacial score (nSPS) is 11.2. The zero-order chi connectivity index (χ0) is 22.4. The van der Waals surface area contributed by atoms with Gasteiger partial charge in [0, 0.05) is 5.56 Å². The van der Waals surface area contributed by atoms with Gasteiger partial charge in [-0.1, -0.05) is 48.5 Å². The van der Waals surface area contributed by atoms with Crippen LogP contribution in [0.1, 0.15) is 21.7 Å². The maximum absolute atomic E-state index is 11.9. The van der Waals surface area contributed by atoms with Gasteiger partial charge in [-0.15, -0.1) is 0 Å². The molecule has 0 spiro atoms. The molecule has 32 heavy (non-hydrogen) atoms. The largest absolute Gasteiger partial charge is 0.478 e. The van der Waals surface area contributed by atoms with Crippen molar-refractivity contribution in [2.75, 3.05) is 0 Å². The number of fused-ring (bicyclic) bond motifs is 1. The lowest BCUT2D eigenvalue weighted by atomic mass is 9.93. The fourth-order valence-corrected chi connectivity index (χ4v) is 4.13. The quantitative estimate of drug-likeness (QED) is 0.298. The van der Waals surface area contributed by atoms with Crippen molar-refractivity contribution in [1.82, 2.24) is 20.1 Å². The van der Waals surface area contributed by atoms with E-state index in [1.807, 2.05) is 62.4 Å². The third kappa shape index (κ3) is 3.30. The van der Waals surface area contributed by atoms with Crippen molar-refractivity contribution in [3.63, 3.8) is 0 Å². The number of nitrogens with zero attached hydrogens (tertiary/aromatic N) is 2. The fourth-order valence-electron chi connectivity index (χ4n) is 3.99. The number of hydrogen-bond donors (Lipinski definition) is 3. The fraction of sp³-hybridized carbons (Fsp3) is 0.0833. The lowest BCUT2D eigenvalue weighted by molar-refractivity contribution is 0.0699. The highest BCUT2D eigenvalue weighted by atomic mass is 32.1. The van der Waals surface area contributed by atoms with E-state index < -0.39 is 5.97 Å². The van der Waals surface area contributed by atoms with Crippen LogP contribution in [0.5, 0.6) is 0 Å². The van der Waals surface area contributed by atoms with Gasteiger partial charge in [-0.05, 0) is 59.9 Å². The summed E-state index contributed by atoms with van der Waals surface area (Å²) in [6, 6.07) is 17.5. The van der Waals surface area contributed by atoms with Gasteiger partial charge >= 0.3 is 10.8 Å². The molecule has 0 aliphatic rings. The standard InChI is InChI=1S/C24H18N4O3S/c1-12-18(11-19(23(29)30)21-20(12)25-13(2)26-21)15-9-7-14(8-10-15)16-5-3-4-6-17(16)22-27-24(32)31-28-22/h3-11H,1-2H3,(H,25,26)(H,29,30)(H,27,28,32). The van der Waals surface area contributed by atoms with E-state index in [-0.39, 0.29) is 10.4 Å². The summed E-state index contributed by atoms with van der Waals surface area (Å²) in [6.45, 7) is 3.78. The van der Waals surface area contributed by atoms with Crippen molar-refractivity contribution in [2.24, 2.45) is 0 Å². The maximum Gasteiger partial charge on any atom is 0.337 e. The average molecular weight is 443 g/mol. The monoisotopic (exact) mass is 442 g/mol. The molecule has 3 N–H and O–H groups in total. The Morgan fingerprint density at radius 2 is 1.62 bits per heavy atom. The minimum absolute atomic E-state index is 0.152. The van der Waals surface area contributed by atoms with Gasteiger partial charge < -0.3 is 14.6 Å². The lowest BCUT2D eigenvalue weighted by Crippen LogP contribution is -2.00. The van der Waals surface area contributed by atoms with Gasteiger partial charge in [-0.3, -0.25) is 0 Å². The van der Waals surface area contributed by atoms with E-state index in [2.05, 4.69) is 20.1 Å². The molecule has 0 fully saturated rings. The Morgan fingerprint density at radius 1 is 0.969 bits per heavy atom. The van der Waals surface area contributed by atoms with Crippen molar-refractivity contribution < 1.29 is 14.4 Å². The molecule has 2 aromatic heterocycles. The van der Waals surface area contributed by atoms with E-state index in [1.165, 1.54) is 0 Å². The van der Waals surface area contributed by atoms with Gasteiger partial charge in [-0.2, -0.15) is 4.98 Å². The van der Waals surface area contributed by atoms with Crippen LogP contribution in [0.3, 0.4) is 0 Å². The zero-order valence-corrected chi connectivity index (χ0v) is 18.1. The number of benzene rings is 3. The molecule has 158 valence electrons. The molecule has 3 aromatic carbocycles. The Kier molecular flexibility index (Phi) is 4.71.